The minimum Gasteiger partial charge on any atom is -0.356 e. The number of unbranched alkanes of at least 4 members (excludes halogenated alkanes) is 3. The summed E-state index contributed by atoms with van der Waals surface area (Å²) >= 11 is 0. The minimum atomic E-state index is 0.922. The van der Waals surface area contributed by atoms with Crippen LogP contribution >= 0.6 is 0 Å². The van der Waals surface area contributed by atoms with Gasteiger partial charge < -0.3 is 15.5 Å². The van der Waals surface area contributed by atoms with Crippen molar-refractivity contribution >= 4 is 5.96 Å². The van der Waals surface area contributed by atoms with E-state index in [1.807, 2.05) is 7.05 Å². The molecule has 0 aromatic carbocycles. The van der Waals surface area contributed by atoms with Crippen molar-refractivity contribution in [3.8, 4) is 0 Å². The fourth-order valence-electron chi connectivity index (χ4n) is 1.50. The summed E-state index contributed by atoms with van der Waals surface area (Å²) in [5, 5.41) is 6.66. The van der Waals surface area contributed by atoms with Gasteiger partial charge in [-0.1, -0.05) is 33.1 Å². The summed E-state index contributed by atoms with van der Waals surface area (Å²) in [6.45, 7) is 8.50. The van der Waals surface area contributed by atoms with Gasteiger partial charge in [0.1, 0.15) is 0 Å². The Morgan fingerprint density at radius 1 is 1.06 bits per heavy atom. The van der Waals surface area contributed by atoms with Gasteiger partial charge in [-0.3, -0.25) is 4.99 Å². The van der Waals surface area contributed by atoms with Crippen LogP contribution in [0.2, 0.25) is 0 Å². The monoisotopic (exact) mass is 242 g/mol. The Hall–Kier alpha value is -0.770. The normalized spacial score (nSPS) is 11.9. The SMILES string of the molecule is CCCCCCNC(=NC)NCCN(C)CC. The molecular formula is C13H30N4. The molecule has 0 unspecified atom stereocenters. The molecule has 0 saturated heterocycles. The van der Waals surface area contributed by atoms with Crippen LogP contribution in [0.25, 0.3) is 0 Å². The first kappa shape index (κ1) is 16.2. The van der Waals surface area contributed by atoms with Gasteiger partial charge in [-0.05, 0) is 20.0 Å². The molecule has 0 aliphatic heterocycles. The molecular weight excluding hydrogens is 212 g/mol. The van der Waals surface area contributed by atoms with E-state index in [1.54, 1.807) is 0 Å². The van der Waals surface area contributed by atoms with Gasteiger partial charge in [0, 0.05) is 26.7 Å². The average molecular weight is 242 g/mol. The van der Waals surface area contributed by atoms with E-state index in [9.17, 15) is 0 Å². The van der Waals surface area contributed by atoms with Gasteiger partial charge in [0.05, 0.1) is 0 Å². The number of aliphatic imine (C=N–C) groups is 1. The van der Waals surface area contributed by atoms with Crippen LogP contribution in [-0.2, 0) is 0 Å². The Morgan fingerprint density at radius 3 is 2.35 bits per heavy atom. The molecule has 2 N–H and O–H groups in total. The molecule has 0 radical (unpaired) electrons. The van der Waals surface area contributed by atoms with Gasteiger partial charge in [-0.25, -0.2) is 0 Å². The van der Waals surface area contributed by atoms with E-state index in [4.69, 9.17) is 0 Å². The van der Waals surface area contributed by atoms with Crippen molar-refractivity contribution in [3.05, 3.63) is 0 Å². The number of likely N-dealkylation sites (N-methyl/N-ethyl adjacent to an activating group) is 1. The predicted octanol–water partition coefficient (Wildman–Crippen LogP) is 1.68. The molecule has 0 aliphatic rings. The molecule has 0 spiro atoms. The topological polar surface area (TPSA) is 39.7 Å². The molecule has 4 nitrogen and oxygen atoms in total. The van der Waals surface area contributed by atoms with Gasteiger partial charge in [-0.2, -0.15) is 0 Å². The largest absolute Gasteiger partial charge is 0.356 e. The van der Waals surface area contributed by atoms with E-state index >= 15 is 0 Å². The third-order valence-corrected chi connectivity index (χ3v) is 2.87. The first-order valence-corrected chi connectivity index (χ1v) is 6.87. The second-order valence-electron chi connectivity index (χ2n) is 4.38. The van der Waals surface area contributed by atoms with E-state index in [0.29, 0.717) is 0 Å². The first-order valence-electron chi connectivity index (χ1n) is 6.87. The molecule has 0 bridgehead atoms. The Labute approximate surface area is 107 Å². The summed E-state index contributed by atoms with van der Waals surface area (Å²) in [6.07, 6.45) is 5.15. The first-order chi connectivity index (χ1) is 8.24. The fraction of sp³-hybridized carbons (Fsp3) is 0.923. The second-order valence-corrected chi connectivity index (χ2v) is 4.38. The summed E-state index contributed by atoms with van der Waals surface area (Å²) in [4.78, 5) is 6.48. The summed E-state index contributed by atoms with van der Waals surface area (Å²) in [5.74, 6) is 0.922. The van der Waals surface area contributed by atoms with E-state index < -0.39 is 0 Å². The maximum Gasteiger partial charge on any atom is 0.191 e. The zero-order chi connectivity index (χ0) is 12.9. The minimum absolute atomic E-state index is 0.922. The Kier molecular flexibility index (Phi) is 11.2. The number of rotatable bonds is 9. The lowest BCUT2D eigenvalue weighted by Crippen LogP contribution is -2.41. The number of nitrogens with one attached hydrogen (secondary N) is 2. The van der Waals surface area contributed by atoms with Gasteiger partial charge in [-0.15, -0.1) is 0 Å². The van der Waals surface area contributed by atoms with Gasteiger partial charge >= 0.3 is 0 Å². The van der Waals surface area contributed by atoms with Crippen molar-refractivity contribution in [2.45, 2.75) is 39.5 Å². The predicted molar refractivity (Wildman–Crippen MR) is 76.7 cm³/mol. The van der Waals surface area contributed by atoms with E-state index in [2.05, 4.69) is 41.4 Å². The van der Waals surface area contributed by atoms with E-state index in [-0.39, 0.29) is 0 Å². The molecule has 0 saturated carbocycles. The lowest BCUT2D eigenvalue weighted by atomic mass is 10.2. The van der Waals surface area contributed by atoms with Gasteiger partial charge in [0.25, 0.3) is 0 Å². The van der Waals surface area contributed by atoms with Crippen molar-refractivity contribution in [2.75, 3.05) is 40.3 Å². The Bertz CT molecular complexity index is 192. The molecule has 17 heavy (non-hydrogen) atoms. The Morgan fingerprint density at radius 2 is 1.76 bits per heavy atom. The van der Waals surface area contributed by atoms with Crippen LogP contribution in [-0.4, -0.2) is 51.1 Å². The molecule has 4 heteroatoms. The average Bonchev–Trinajstić information content (AvgIpc) is 2.36. The number of guanidine groups is 1. The number of hydrogen-bond acceptors (Lipinski definition) is 2. The fourth-order valence-corrected chi connectivity index (χ4v) is 1.50. The molecule has 0 aliphatic carbocycles. The van der Waals surface area contributed by atoms with Crippen LogP contribution < -0.4 is 10.6 Å². The lowest BCUT2D eigenvalue weighted by Gasteiger charge is -2.16. The lowest BCUT2D eigenvalue weighted by molar-refractivity contribution is 0.357. The number of hydrogen-bond donors (Lipinski definition) is 2. The molecule has 0 fully saturated rings. The maximum atomic E-state index is 4.20. The van der Waals surface area contributed by atoms with Crippen LogP contribution in [0.3, 0.4) is 0 Å². The third kappa shape index (κ3) is 10.1. The zero-order valence-corrected chi connectivity index (χ0v) is 12.1. The Balaban J connectivity index is 3.50. The van der Waals surface area contributed by atoms with Crippen LogP contribution in [0.15, 0.2) is 4.99 Å². The molecule has 0 amide bonds. The zero-order valence-electron chi connectivity index (χ0n) is 12.1. The van der Waals surface area contributed by atoms with Crippen LogP contribution in [0.5, 0.6) is 0 Å². The van der Waals surface area contributed by atoms with Crippen molar-refractivity contribution in [3.63, 3.8) is 0 Å². The van der Waals surface area contributed by atoms with Crippen LogP contribution in [0, 0.1) is 0 Å². The second kappa shape index (κ2) is 11.7. The smallest absolute Gasteiger partial charge is 0.191 e. The highest BCUT2D eigenvalue weighted by Gasteiger charge is 1.97. The summed E-state index contributed by atoms with van der Waals surface area (Å²) in [5.41, 5.74) is 0. The third-order valence-electron chi connectivity index (χ3n) is 2.87. The molecule has 0 aromatic heterocycles. The summed E-state index contributed by atoms with van der Waals surface area (Å²) in [6, 6.07) is 0. The number of nitrogens with zero attached hydrogens (tertiary/aromatic N) is 2. The highest BCUT2D eigenvalue weighted by Crippen LogP contribution is 1.96. The van der Waals surface area contributed by atoms with Gasteiger partial charge in [0.2, 0.25) is 0 Å². The summed E-state index contributed by atoms with van der Waals surface area (Å²) in [7, 11) is 3.95. The standard InChI is InChI=1S/C13H30N4/c1-5-7-8-9-10-15-13(14-3)16-11-12-17(4)6-2/h5-12H2,1-4H3,(H2,14,15,16). The molecule has 102 valence electrons. The highest BCUT2D eigenvalue weighted by atomic mass is 15.2. The maximum absolute atomic E-state index is 4.20. The van der Waals surface area contributed by atoms with Gasteiger partial charge in [0.15, 0.2) is 5.96 Å². The van der Waals surface area contributed by atoms with E-state index in [1.165, 1.54) is 25.7 Å². The van der Waals surface area contributed by atoms with Crippen molar-refractivity contribution in [1.29, 1.82) is 0 Å². The molecule has 0 atom stereocenters. The molecule has 0 aromatic rings. The quantitative estimate of drug-likeness (QED) is 0.367. The van der Waals surface area contributed by atoms with Crippen molar-refractivity contribution < 1.29 is 0 Å². The molecule has 0 heterocycles. The van der Waals surface area contributed by atoms with Crippen LogP contribution in [0.4, 0.5) is 0 Å². The summed E-state index contributed by atoms with van der Waals surface area (Å²) < 4.78 is 0. The van der Waals surface area contributed by atoms with Crippen molar-refractivity contribution in [1.82, 2.24) is 15.5 Å². The van der Waals surface area contributed by atoms with E-state index in [0.717, 1.165) is 32.1 Å². The van der Waals surface area contributed by atoms with Crippen molar-refractivity contribution in [2.24, 2.45) is 4.99 Å². The van der Waals surface area contributed by atoms with Crippen LogP contribution in [0.1, 0.15) is 39.5 Å². The highest BCUT2D eigenvalue weighted by molar-refractivity contribution is 5.79. The molecule has 0 rings (SSSR count).